The van der Waals surface area contributed by atoms with Gasteiger partial charge < -0.3 is 5.11 Å². The zero-order valence-corrected chi connectivity index (χ0v) is 8.56. The third kappa shape index (κ3) is 1.36. The minimum absolute atomic E-state index is 0.373. The van der Waals surface area contributed by atoms with Crippen molar-refractivity contribution in [2.75, 3.05) is 0 Å². The van der Waals surface area contributed by atoms with Gasteiger partial charge in [-0.15, -0.1) is 11.3 Å². The molecule has 0 spiro atoms. The molecule has 1 aromatic heterocycles. The molecule has 1 aromatic carbocycles. The average Bonchev–Trinajstić information content (AvgIpc) is 2.48. The molecule has 0 fully saturated rings. The standard InChI is InChI=1S/C11H12OS/c1-7-6-13-11-9(7)4-3-5-10(11)8(2)12/h3-6,8,12H,1-2H3. The molecule has 2 heteroatoms. The fourth-order valence-corrected chi connectivity index (χ4v) is 2.69. The second-order valence-electron chi connectivity index (χ2n) is 3.32. The van der Waals surface area contributed by atoms with Crippen LogP contribution in [0.1, 0.15) is 24.2 Å². The van der Waals surface area contributed by atoms with E-state index in [1.807, 2.05) is 19.1 Å². The summed E-state index contributed by atoms with van der Waals surface area (Å²) in [5.74, 6) is 0. The summed E-state index contributed by atoms with van der Waals surface area (Å²) in [5.41, 5.74) is 2.33. The predicted octanol–water partition coefficient (Wildman–Crippen LogP) is 3.26. The maximum atomic E-state index is 9.54. The molecular formula is C11H12OS. The molecule has 2 aromatic rings. The third-order valence-corrected chi connectivity index (χ3v) is 3.44. The van der Waals surface area contributed by atoms with Crippen LogP contribution < -0.4 is 0 Å². The van der Waals surface area contributed by atoms with Crippen LogP contribution in [-0.4, -0.2) is 5.11 Å². The molecular weight excluding hydrogens is 180 g/mol. The van der Waals surface area contributed by atoms with Crippen molar-refractivity contribution in [1.82, 2.24) is 0 Å². The molecule has 13 heavy (non-hydrogen) atoms. The van der Waals surface area contributed by atoms with Crippen molar-refractivity contribution in [2.45, 2.75) is 20.0 Å². The zero-order valence-electron chi connectivity index (χ0n) is 7.74. The molecule has 1 N–H and O–H groups in total. The van der Waals surface area contributed by atoms with E-state index in [1.165, 1.54) is 15.6 Å². The molecule has 0 saturated carbocycles. The van der Waals surface area contributed by atoms with Crippen LogP contribution in [0.3, 0.4) is 0 Å². The number of rotatable bonds is 1. The number of thiophene rings is 1. The number of hydrogen-bond donors (Lipinski definition) is 1. The van der Waals surface area contributed by atoms with E-state index in [2.05, 4.69) is 18.4 Å². The van der Waals surface area contributed by atoms with Gasteiger partial charge in [0.15, 0.2) is 0 Å². The van der Waals surface area contributed by atoms with Crippen LogP contribution in [0.25, 0.3) is 10.1 Å². The zero-order chi connectivity index (χ0) is 9.42. The number of aliphatic hydroxyl groups excluding tert-OH is 1. The third-order valence-electron chi connectivity index (χ3n) is 2.27. The summed E-state index contributed by atoms with van der Waals surface area (Å²) >= 11 is 1.71. The Hall–Kier alpha value is -0.860. The van der Waals surface area contributed by atoms with Gasteiger partial charge in [0, 0.05) is 4.70 Å². The van der Waals surface area contributed by atoms with Gasteiger partial charge in [0.05, 0.1) is 6.10 Å². The Labute approximate surface area is 81.6 Å². The lowest BCUT2D eigenvalue weighted by Gasteiger charge is -2.05. The van der Waals surface area contributed by atoms with Crippen LogP contribution in [0, 0.1) is 6.92 Å². The van der Waals surface area contributed by atoms with Crippen molar-refractivity contribution >= 4 is 21.4 Å². The number of fused-ring (bicyclic) bond motifs is 1. The van der Waals surface area contributed by atoms with Crippen LogP contribution in [0.2, 0.25) is 0 Å². The number of hydrogen-bond acceptors (Lipinski definition) is 2. The minimum Gasteiger partial charge on any atom is -0.389 e. The molecule has 68 valence electrons. The van der Waals surface area contributed by atoms with Crippen LogP contribution in [0.15, 0.2) is 23.6 Å². The largest absolute Gasteiger partial charge is 0.389 e. The van der Waals surface area contributed by atoms with Gasteiger partial charge in [-0.2, -0.15) is 0 Å². The van der Waals surface area contributed by atoms with E-state index in [1.54, 1.807) is 11.3 Å². The summed E-state index contributed by atoms with van der Waals surface area (Å²) in [5, 5.41) is 12.9. The molecule has 0 bridgehead atoms. The molecule has 0 saturated heterocycles. The van der Waals surface area contributed by atoms with Crippen LogP contribution in [0.5, 0.6) is 0 Å². The summed E-state index contributed by atoms with van der Waals surface area (Å²) in [6, 6.07) is 6.10. The Bertz CT molecular complexity index is 429. The first-order valence-corrected chi connectivity index (χ1v) is 5.23. The lowest BCUT2D eigenvalue weighted by Crippen LogP contribution is -1.89. The van der Waals surface area contributed by atoms with Crippen LogP contribution >= 0.6 is 11.3 Å². The number of aliphatic hydroxyl groups is 1. The van der Waals surface area contributed by atoms with E-state index in [0.717, 1.165) is 5.56 Å². The van der Waals surface area contributed by atoms with E-state index in [9.17, 15) is 5.11 Å². The Morgan fingerprint density at radius 3 is 2.85 bits per heavy atom. The fraction of sp³-hybridized carbons (Fsp3) is 0.273. The highest BCUT2D eigenvalue weighted by Crippen LogP contribution is 2.31. The van der Waals surface area contributed by atoms with Gasteiger partial charge in [-0.25, -0.2) is 0 Å². The maximum absolute atomic E-state index is 9.54. The first-order valence-electron chi connectivity index (χ1n) is 4.35. The van der Waals surface area contributed by atoms with Gasteiger partial charge in [-0.3, -0.25) is 0 Å². The Morgan fingerprint density at radius 1 is 1.38 bits per heavy atom. The van der Waals surface area contributed by atoms with E-state index < -0.39 is 0 Å². The first kappa shape index (κ1) is 8.73. The Morgan fingerprint density at radius 2 is 2.15 bits per heavy atom. The molecule has 0 amide bonds. The summed E-state index contributed by atoms with van der Waals surface area (Å²) in [6.45, 7) is 3.91. The number of benzene rings is 1. The summed E-state index contributed by atoms with van der Waals surface area (Å²) in [4.78, 5) is 0. The van der Waals surface area contributed by atoms with Crippen molar-refractivity contribution in [2.24, 2.45) is 0 Å². The van der Waals surface area contributed by atoms with Crippen molar-refractivity contribution in [1.29, 1.82) is 0 Å². The normalized spacial score (nSPS) is 13.5. The summed E-state index contributed by atoms with van der Waals surface area (Å²) < 4.78 is 1.22. The fourth-order valence-electron chi connectivity index (χ4n) is 1.54. The number of aryl methyl sites for hydroxylation is 1. The van der Waals surface area contributed by atoms with E-state index in [-0.39, 0.29) is 6.10 Å². The van der Waals surface area contributed by atoms with E-state index >= 15 is 0 Å². The van der Waals surface area contributed by atoms with Crippen LogP contribution in [0.4, 0.5) is 0 Å². The molecule has 0 aliphatic carbocycles. The van der Waals surface area contributed by atoms with Gasteiger partial charge in [0.1, 0.15) is 0 Å². The van der Waals surface area contributed by atoms with Crippen molar-refractivity contribution in [3.05, 3.63) is 34.7 Å². The van der Waals surface area contributed by atoms with Crippen molar-refractivity contribution in [3.63, 3.8) is 0 Å². The van der Waals surface area contributed by atoms with Crippen LogP contribution in [-0.2, 0) is 0 Å². The van der Waals surface area contributed by atoms with Gasteiger partial charge in [0.2, 0.25) is 0 Å². The molecule has 1 nitrogen and oxygen atoms in total. The van der Waals surface area contributed by atoms with Gasteiger partial charge in [-0.1, -0.05) is 18.2 Å². The molecule has 0 aliphatic heterocycles. The SMILES string of the molecule is Cc1csc2c(C(C)O)cccc12. The topological polar surface area (TPSA) is 20.2 Å². The Balaban J connectivity index is 2.77. The monoisotopic (exact) mass is 192 g/mol. The Kier molecular flexibility index (Phi) is 2.10. The highest BCUT2D eigenvalue weighted by molar-refractivity contribution is 7.17. The van der Waals surface area contributed by atoms with Crippen molar-refractivity contribution < 1.29 is 5.11 Å². The average molecular weight is 192 g/mol. The second-order valence-corrected chi connectivity index (χ2v) is 4.20. The molecule has 2 rings (SSSR count). The van der Waals surface area contributed by atoms with Crippen molar-refractivity contribution in [3.8, 4) is 0 Å². The first-order chi connectivity index (χ1) is 6.20. The van der Waals surface area contributed by atoms with E-state index in [0.29, 0.717) is 0 Å². The predicted molar refractivity (Wildman–Crippen MR) is 57.2 cm³/mol. The lowest BCUT2D eigenvalue weighted by molar-refractivity contribution is 0.201. The van der Waals surface area contributed by atoms with E-state index in [4.69, 9.17) is 0 Å². The molecule has 1 atom stereocenters. The highest BCUT2D eigenvalue weighted by atomic mass is 32.1. The maximum Gasteiger partial charge on any atom is 0.0775 e. The molecule has 1 unspecified atom stereocenters. The van der Waals surface area contributed by atoms with Gasteiger partial charge >= 0.3 is 0 Å². The molecule has 0 aliphatic rings. The molecule has 1 heterocycles. The molecule has 0 radical (unpaired) electrons. The smallest absolute Gasteiger partial charge is 0.0775 e. The summed E-state index contributed by atoms with van der Waals surface area (Å²) in [6.07, 6.45) is -0.373. The second kappa shape index (κ2) is 3.13. The lowest BCUT2D eigenvalue weighted by atomic mass is 10.1. The minimum atomic E-state index is -0.373. The summed E-state index contributed by atoms with van der Waals surface area (Å²) in [7, 11) is 0. The highest BCUT2D eigenvalue weighted by Gasteiger charge is 2.08. The quantitative estimate of drug-likeness (QED) is 0.735. The van der Waals surface area contributed by atoms with Gasteiger partial charge in [0.25, 0.3) is 0 Å². The van der Waals surface area contributed by atoms with Gasteiger partial charge in [-0.05, 0) is 35.7 Å².